The molecule has 0 radical (unpaired) electrons. The summed E-state index contributed by atoms with van der Waals surface area (Å²) < 4.78 is 0. The number of rotatable bonds is 8. The van der Waals surface area contributed by atoms with Crippen molar-refractivity contribution in [2.75, 3.05) is 51.2 Å². The summed E-state index contributed by atoms with van der Waals surface area (Å²) in [6.07, 6.45) is 9.34. The SMILES string of the molecule is CN=C/C(Cl)=C\NCCCCN1CCN(c2ncccn2)CC1. The Hall–Kier alpha value is -1.66. The van der Waals surface area contributed by atoms with Crippen LogP contribution in [0.5, 0.6) is 0 Å². The Labute approximate surface area is 143 Å². The van der Waals surface area contributed by atoms with Gasteiger partial charge in [0.15, 0.2) is 0 Å². The van der Waals surface area contributed by atoms with Crippen LogP contribution in [0.1, 0.15) is 12.8 Å². The number of anilines is 1. The van der Waals surface area contributed by atoms with Crippen molar-refractivity contribution in [1.82, 2.24) is 20.2 Å². The Bertz CT molecular complexity index is 497. The maximum Gasteiger partial charge on any atom is 0.225 e. The van der Waals surface area contributed by atoms with Crippen molar-refractivity contribution in [3.63, 3.8) is 0 Å². The van der Waals surface area contributed by atoms with E-state index in [0.717, 1.165) is 51.6 Å². The maximum absolute atomic E-state index is 5.91. The maximum atomic E-state index is 5.91. The molecule has 1 N–H and O–H groups in total. The van der Waals surface area contributed by atoms with Crippen LogP contribution in [-0.4, -0.2) is 67.4 Å². The third-order valence-corrected chi connectivity index (χ3v) is 3.95. The first-order chi connectivity index (χ1) is 11.3. The predicted molar refractivity (Wildman–Crippen MR) is 96.3 cm³/mol. The van der Waals surface area contributed by atoms with Gasteiger partial charge in [0.25, 0.3) is 0 Å². The van der Waals surface area contributed by atoms with E-state index in [-0.39, 0.29) is 0 Å². The standard InChI is InChI=1S/C16H25ClN6/c1-18-13-15(17)14-19-5-2-3-8-22-9-11-23(12-10-22)16-20-6-4-7-21-16/h4,6-7,13-14,19H,2-3,5,8-12H2,1H3/b15-14+,18-13?. The van der Waals surface area contributed by atoms with Crippen molar-refractivity contribution >= 4 is 23.8 Å². The van der Waals surface area contributed by atoms with Gasteiger partial charge in [0.2, 0.25) is 5.95 Å². The first-order valence-electron chi connectivity index (χ1n) is 8.05. The summed E-state index contributed by atoms with van der Waals surface area (Å²) in [5, 5.41) is 3.84. The van der Waals surface area contributed by atoms with Gasteiger partial charge in [-0.1, -0.05) is 11.6 Å². The molecule has 7 heteroatoms. The lowest BCUT2D eigenvalue weighted by molar-refractivity contribution is 0.252. The van der Waals surface area contributed by atoms with Gasteiger partial charge in [0.1, 0.15) is 0 Å². The predicted octanol–water partition coefficient (Wildman–Crippen LogP) is 1.75. The minimum absolute atomic E-state index is 0.631. The number of hydrogen-bond donors (Lipinski definition) is 1. The van der Waals surface area contributed by atoms with Crippen LogP contribution in [0.3, 0.4) is 0 Å². The molecule has 0 bridgehead atoms. The average molecular weight is 337 g/mol. The summed E-state index contributed by atoms with van der Waals surface area (Å²) in [5.74, 6) is 0.843. The number of aromatic nitrogens is 2. The van der Waals surface area contributed by atoms with Gasteiger partial charge in [-0.2, -0.15) is 0 Å². The number of nitrogens with one attached hydrogen (secondary N) is 1. The molecule has 0 amide bonds. The zero-order chi connectivity index (χ0) is 16.3. The monoisotopic (exact) mass is 336 g/mol. The molecule has 0 atom stereocenters. The molecule has 23 heavy (non-hydrogen) atoms. The highest BCUT2D eigenvalue weighted by Crippen LogP contribution is 2.10. The quantitative estimate of drug-likeness (QED) is 0.579. The van der Waals surface area contributed by atoms with E-state index in [4.69, 9.17) is 11.6 Å². The summed E-state index contributed by atoms with van der Waals surface area (Å²) in [5.41, 5.74) is 0. The van der Waals surface area contributed by atoms with Crippen LogP contribution in [0, 0.1) is 0 Å². The number of piperazine rings is 1. The van der Waals surface area contributed by atoms with Gasteiger partial charge in [-0.25, -0.2) is 9.97 Å². The van der Waals surface area contributed by atoms with Crippen LogP contribution in [0.4, 0.5) is 5.95 Å². The number of halogens is 1. The van der Waals surface area contributed by atoms with Gasteiger partial charge in [-0.05, 0) is 25.5 Å². The third-order valence-electron chi connectivity index (χ3n) is 3.75. The molecule has 0 saturated carbocycles. The molecular formula is C16H25ClN6. The highest BCUT2D eigenvalue weighted by atomic mass is 35.5. The second-order valence-electron chi connectivity index (χ2n) is 5.46. The van der Waals surface area contributed by atoms with Crippen molar-refractivity contribution in [2.24, 2.45) is 4.99 Å². The Kier molecular flexibility index (Phi) is 7.83. The van der Waals surface area contributed by atoms with Gasteiger partial charge < -0.3 is 10.2 Å². The summed E-state index contributed by atoms with van der Waals surface area (Å²) in [6, 6.07) is 1.85. The van der Waals surface area contributed by atoms with Gasteiger partial charge in [-0.15, -0.1) is 0 Å². The molecule has 2 rings (SSSR count). The van der Waals surface area contributed by atoms with E-state index in [2.05, 4.69) is 30.1 Å². The van der Waals surface area contributed by atoms with Crippen molar-refractivity contribution in [2.45, 2.75) is 12.8 Å². The normalized spacial score (nSPS) is 17.0. The van der Waals surface area contributed by atoms with Crippen molar-refractivity contribution in [3.05, 3.63) is 29.7 Å². The Morgan fingerprint density at radius 2 is 2.00 bits per heavy atom. The van der Waals surface area contributed by atoms with Crippen LogP contribution in [0.2, 0.25) is 0 Å². The number of hydrogen-bond acceptors (Lipinski definition) is 6. The van der Waals surface area contributed by atoms with Gasteiger partial charge in [-0.3, -0.25) is 9.89 Å². The lowest BCUT2D eigenvalue weighted by Crippen LogP contribution is -2.47. The summed E-state index contributed by atoms with van der Waals surface area (Å²) in [7, 11) is 1.71. The minimum atomic E-state index is 0.631. The van der Waals surface area contributed by atoms with E-state index in [0.29, 0.717) is 5.03 Å². The van der Waals surface area contributed by atoms with Gasteiger partial charge in [0.05, 0.1) is 5.03 Å². The number of unbranched alkanes of at least 4 members (excludes halogenated alkanes) is 1. The molecule has 1 fully saturated rings. The highest BCUT2D eigenvalue weighted by Gasteiger charge is 2.17. The van der Waals surface area contributed by atoms with Gasteiger partial charge >= 0.3 is 0 Å². The van der Waals surface area contributed by atoms with E-state index in [1.165, 1.54) is 6.42 Å². The molecular weight excluding hydrogens is 312 g/mol. The first-order valence-corrected chi connectivity index (χ1v) is 8.43. The third kappa shape index (κ3) is 6.54. The topological polar surface area (TPSA) is 56.7 Å². The van der Waals surface area contributed by atoms with Crippen LogP contribution in [-0.2, 0) is 0 Å². The molecule has 0 unspecified atom stereocenters. The Balaban J connectivity index is 1.56. The van der Waals surface area contributed by atoms with Crippen molar-refractivity contribution in [3.8, 4) is 0 Å². The molecule has 1 aliphatic rings. The van der Waals surface area contributed by atoms with Crippen LogP contribution in [0.25, 0.3) is 0 Å². The lowest BCUT2D eigenvalue weighted by Gasteiger charge is -2.34. The zero-order valence-electron chi connectivity index (χ0n) is 13.7. The van der Waals surface area contributed by atoms with E-state index in [9.17, 15) is 0 Å². The summed E-state index contributed by atoms with van der Waals surface area (Å²) >= 11 is 5.91. The fourth-order valence-corrected chi connectivity index (χ4v) is 2.69. The fourth-order valence-electron chi connectivity index (χ4n) is 2.52. The summed E-state index contributed by atoms with van der Waals surface area (Å²) in [4.78, 5) is 17.2. The molecule has 126 valence electrons. The largest absolute Gasteiger partial charge is 0.390 e. The molecule has 0 spiro atoms. The number of allylic oxidation sites excluding steroid dienone is 1. The molecule has 0 aromatic carbocycles. The molecule has 0 aliphatic carbocycles. The van der Waals surface area contributed by atoms with E-state index in [1.54, 1.807) is 31.9 Å². The van der Waals surface area contributed by atoms with Crippen LogP contribution < -0.4 is 10.2 Å². The Morgan fingerprint density at radius 1 is 1.26 bits per heavy atom. The van der Waals surface area contributed by atoms with E-state index in [1.807, 2.05) is 6.07 Å². The molecule has 2 heterocycles. The molecule has 6 nitrogen and oxygen atoms in total. The fraction of sp³-hybridized carbons (Fsp3) is 0.562. The smallest absolute Gasteiger partial charge is 0.225 e. The highest BCUT2D eigenvalue weighted by molar-refractivity contribution is 6.39. The minimum Gasteiger partial charge on any atom is -0.390 e. The van der Waals surface area contributed by atoms with Gasteiger partial charge in [0, 0.05) is 64.6 Å². The number of nitrogens with zero attached hydrogens (tertiary/aromatic N) is 5. The zero-order valence-corrected chi connectivity index (χ0v) is 14.4. The van der Waals surface area contributed by atoms with Crippen molar-refractivity contribution in [1.29, 1.82) is 0 Å². The molecule has 1 aliphatic heterocycles. The molecule has 1 saturated heterocycles. The average Bonchev–Trinajstić information content (AvgIpc) is 2.59. The Morgan fingerprint density at radius 3 is 2.70 bits per heavy atom. The molecule has 1 aromatic heterocycles. The van der Waals surface area contributed by atoms with E-state index < -0.39 is 0 Å². The van der Waals surface area contributed by atoms with E-state index >= 15 is 0 Å². The molecule has 1 aromatic rings. The van der Waals surface area contributed by atoms with Crippen LogP contribution in [0.15, 0.2) is 34.7 Å². The number of aliphatic imine (C=N–C) groups is 1. The second kappa shape index (κ2) is 10.2. The van der Waals surface area contributed by atoms with Crippen LogP contribution >= 0.6 is 11.6 Å². The lowest BCUT2D eigenvalue weighted by atomic mass is 10.2. The second-order valence-corrected chi connectivity index (χ2v) is 5.89. The summed E-state index contributed by atoms with van der Waals surface area (Å²) in [6.45, 7) is 6.22. The van der Waals surface area contributed by atoms with Crippen molar-refractivity contribution < 1.29 is 0 Å². The first kappa shape index (κ1) is 17.7.